The van der Waals surface area contributed by atoms with Crippen LogP contribution in [0.2, 0.25) is 0 Å². The third-order valence-electron chi connectivity index (χ3n) is 2.56. The Bertz CT molecular complexity index is 321. The fourth-order valence-corrected chi connectivity index (χ4v) is 1.53. The maximum Gasteiger partial charge on any atom is 0.132 e. The zero-order valence-corrected chi connectivity index (χ0v) is 11.1. The van der Waals surface area contributed by atoms with Crippen LogP contribution in [0.4, 0.5) is 11.6 Å². The molecule has 0 saturated carbocycles. The van der Waals surface area contributed by atoms with Crippen LogP contribution in [-0.4, -0.2) is 36.8 Å². The molecule has 0 radical (unpaired) electrons. The summed E-state index contributed by atoms with van der Waals surface area (Å²) in [6.07, 6.45) is 1.82. The van der Waals surface area contributed by atoms with E-state index in [9.17, 15) is 0 Å². The van der Waals surface area contributed by atoms with Gasteiger partial charge in [-0.05, 0) is 6.42 Å². The third kappa shape index (κ3) is 4.19. The highest BCUT2D eigenvalue weighted by Gasteiger charge is 2.08. The molecule has 1 heterocycles. The minimum absolute atomic E-state index is 0.282. The van der Waals surface area contributed by atoms with Gasteiger partial charge in [-0.1, -0.05) is 13.8 Å². The number of hydrogen-bond acceptors (Lipinski definition) is 5. The van der Waals surface area contributed by atoms with Crippen molar-refractivity contribution in [3.63, 3.8) is 0 Å². The largest absolute Gasteiger partial charge is 0.383 e. The van der Waals surface area contributed by atoms with Crippen LogP contribution in [0.5, 0.6) is 0 Å². The zero-order chi connectivity index (χ0) is 12.7. The Kier molecular flexibility index (Phi) is 5.69. The molecule has 0 aliphatic heterocycles. The van der Waals surface area contributed by atoms with E-state index >= 15 is 0 Å². The molecule has 0 amide bonds. The van der Waals surface area contributed by atoms with Crippen LogP contribution in [0.3, 0.4) is 0 Å². The number of rotatable bonds is 7. The van der Waals surface area contributed by atoms with Crippen molar-refractivity contribution >= 4 is 11.6 Å². The number of hydrogen-bond donors (Lipinski definition) is 2. The van der Waals surface area contributed by atoms with Crippen molar-refractivity contribution in [1.29, 1.82) is 0 Å². The van der Waals surface area contributed by atoms with Crippen LogP contribution in [-0.2, 0) is 11.2 Å². The fraction of sp³-hybridized carbons (Fsp3) is 0.667. The van der Waals surface area contributed by atoms with Crippen LogP contribution >= 0.6 is 0 Å². The fourth-order valence-electron chi connectivity index (χ4n) is 1.53. The van der Waals surface area contributed by atoms with Crippen molar-refractivity contribution in [3.8, 4) is 0 Å². The molecule has 0 saturated heterocycles. The molecule has 1 aromatic rings. The number of anilines is 2. The second kappa shape index (κ2) is 7.06. The lowest BCUT2D eigenvalue weighted by molar-refractivity contribution is 0.184. The van der Waals surface area contributed by atoms with Gasteiger partial charge in [0.05, 0.1) is 12.6 Å². The molecule has 5 heteroatoms. The number of aryl methyl sites for hydroxylation is 1. The van der Waals surface area contributed by atoms with Gasteiger partial charge >= 0.3 is 0 Å². The molecule has 0 aliphatic rings. The lowest BCUT2D eigenvalue weighted by atomic mass is 10.2. The summed E-state index contributed by atoms with van der Waals surface area (Å²) in [5.41, 5.74) is 0. The lowest BCUT2D eigenvalue weighted by Crippen LogP contribution is -2.24. The Hall–Kier alpha value is -1.36. The maximum absolute atomic E-state index is 5.16. The second-order valence-electron chi connectivity index (χ2n) is 3.86. The highest BCUT2D eigenvalue weighted by Crippen LogP contribution is 2.13. The van der Waals surface area contributed by atoms with Gasteiger partial charge in [-0.25, -0.2) is 9.97 Å². The predicted molar refractivity (Wildman–Crippen MR) is 70.5 cm³/mol. The first-order chi connectivity index (χ1) is 8.23. The first-order valence-electron chi connectivity index (χ1n) is 6.04. The van der Waals surface area contributed by atoms with Gasteiger partial charge in [-0.15, -0.1) is 0 Å². The van der Waals surface area contributed by atoms with E-state index in [0.29, 0.717) is 6.61 Å². The van der Waals surface area contributed by atoms with Crippen LogP contribution < -0.4 is 10.6 Å². The topological polar surface area (TPSA) is 59.1 Å². The smallest absolute Gasteiger partial charge is 0.132 e. The molecule has 1 aromatic heterocycles. The molecule has 0 bridgehead atoms. The summed E-state index contributed by atoms with van der Waals surface area (Å²) in [6.45, 7) is 4.85. The maximum atomic E-state index is 5.16. The summed E-state index contributed by atoms with van der Waals surface area (Å²) in [6, 6.07) is 2.20. The Morgan fingerprint density at radius 2 is 2.00 bits per heavy atom. The predicted octanol–water partition coefficient (Wildman–Crippen LogP) is 1.92. The third-order valence-corrected chi connectivity index (χ3v) is 2.56. The standard InChI is InChI=1S/C12H22N4O/c1-5-9(8-17-4)14-12-7-11(13-3)15-10(6-2)16-12/h7,9H,5-6,8H2,1-4H3,(H2,13,14,15,16). The van der Waals surface area contributed by atoms with Gasteiger partial charge in [0.15, 0.2) is 0 Å². The van der Waals surface area contributed by atoms with Gasteiger partial charge in [0, 0.05) is 26.6 Å². The highest BCUT2D eigenvalue weighted by atomic mass is 16.5. The monoisotopic (exact) mass is 238 g/mol. The molecule has 2 N–H and O–H groups in total. The van der Waals surface area contributed by atoms with Gasteiger partial charge in [-0.3, -0.25) is 0 Å². The summed E-state index contributed by atoms with van der Waals surface area (Å²) < 4.78 is 5.16. The number of aromatic nitrogens is 2. The van der Waals surface area contributed by atoms with Crippen LogP contribution in [0, 0.1) is 0 Å². The lowest BCUT2D eigenvalue weighted by Gasteiger charge is -2.17. The van der Waals surface area contributed by atoms with E-state index in [1.165, 1.54) is 0 Å². The van der Waals surface area contributed by atoms with E-state index in [4.69, 9.17) is 4.74 Å². The molecule has 1 unspecified atom stereocenters. The van der Waals surface area contributed by atoms with E-state index in [1.807, 2.05) is 20.0 Å². The van der Waals surface area contributed by atoms with Gasteiger partial charge < -0.3 is 15.4 Å². The Morgan fingerprint density at radius 3 is 2.53 bits per heavy atom. The van der Waals surface area contributed by atoms with E-state index in [-0.39, 0.29) is 6.04 Å². The average Bonchev–Trinajstić information content (AvgIpc) is 2.37. The molecule has 1 rings (SSSR count). The minimum atomic E-state index is 0.282. The average molecular weight is 238 g/mol. The molecule has 5 nitrogen and oxygen atoms in total. The van der Waals surface area contributed by atoms with Crippen molar-refractivity contribution in [3.05, 3.63) is 11.9 Å². The molecular formula is C12H22N4O. The first kappa shape index (κ1) is 13.7. The molecule has 17 heavy (non-hydrogen) atoms. The van der Waals surface area contributed by atoms with E-state index in [1.54, 1.807) is 7.11 Å². The molecule has 0 aromatic carbocycles. The van der Waals surface area contributed by atoms with Crippen LogP contribution in [0.25, 0.3) is 0 Å². The van der Waals surface area contributed by atoms with Gasteiger partial charge in [-0.2, -0.15) is 0 Å². The van der Waals surface area contributed by atoms with E-state index in [0.717, 1.165) is 30.3 Å². The number of methoxy groups -OCH3 is 1. The zero-order valence-electron chi connectivity index (χ0n) is 11.1. The van der Waals surface area contributed by atoms with Crippen molar-refractivity contribution in [2.24, 2.45) is 0 Å². The Labute approximate surface area is 103 Å². The molecule has 96 valence electrons. The molecule has 1 atom stereocenters. The molecule has 0 spiro atoms. The summed E-state index contributed by atoms with van der Waals surface area (Å²) in [5.74, 6) is 2.53. The Balaban J connectivity index is 2.81. The number of ether oxygens (including phenoxy) is 1. The summed E-state index contributed by atoms with van der Waals surface area (Å²) >= 11 is 0. The quantitative estimate of drug-likeness (QED) is 0.760. The highest BCUT2D eigenvalue weighted by molar-refractivity contribution is 5.47. The van der Waals surface area contributed by atoms with E-state index < -0.39 is 0 Å². The van der Waals surface area contributed by atoms with E-state index in [2.05, 4.69) is 27.5 Å². The molecule has 0 aliphatic carbocycles. The van der Waals surface area contributed by atoms with Crippen LogP contribution in [0.15, 0.2) is 6.07 Å². The second-order valence-corrected chi connectivity index (χ2v) is 3.86. The SMILES string of the molecule is CCc1nc(NC)cc(NC(CC)COC)n1. The number of nitrogens with one attached hydrogen (secondary N) is 2. The van der Waals surface area contributed by atoms with Crippen molar-refractivity contribution in [1.82, 2.24) is 9.97 Å². The normalized spacial score (nSPS) is 12.2. The van der Waals surface area contributed by atoms with Crippen molar-refractivity contribution in [2.75, 3.05) is 31.4 Å². The van der Waals surface area contributed by atoms with Crippen LogP contribution in [0.1, 0.15) is 26.1 Å². The summed E-state index contributed by atoms with van der Waals surface area (Å²) in [5, 5.41) is 6.41. The Morgan fingerprint density at radius 1 is 1.29 bits per heavy atom. The summed E-state index contributed by atoms with van der Waals surface area (Å²) in [7, 11) is 3.57. The molecule has 0 fully saturated rings. The van der Waals surface area contributed by atoms with Gasteiger partial charge in [0.25, 0.3) is 0 Å². The summed E-state index contributed by atoms with van der Waals surface area (Å²) in [4.78, 5) is 8.81. The minimum Gasteiger partial charge on any atom is -0.383 e. The first-order valence-corrected chi connectivity index (χ1v) is 6.04. The van der Waals surface area contributed by atoms with Gasteiger partial charge in [0.2, 0.25) is 0 Å². The van der Waals surface area contributed by atoms with Gasteiger partial charge in [0.1, 0.15) is 17.5 Å². The molecular weight excluding hydrogens is 216 g/mol. The van der Waals surface area contributed by atoms with Crippen molar-refractivity contribution in [2.45, 2.75) is 32.7 Å². The van der Waals surface area contributed by atoms with Crippen molar-refractivity contribution < 1.29 is 4.74 Å². The number of nitrogens with zero attached hydrogens (tertiary/aromatic N) is 2.